The molecule has 98 valence electrons. The van der Waals surface area contributed by atoms with E-state index in [0.717, 1.165) is 18.4 Å². The average molecular weight is 309 g/mol. The first-order valence-corrected chi connectivity index (χ1v) is 7.97. The summed E-state index contributed by atoms with van der Waals surface area (Å²) < 4.78 is 0. The monoisotopic (exact) mass is 308 g/mol. The molecule has 0 saturated heterocycles. The summed E-state index contributed by atoms with van der Waals surface area (Å²) in [6, 6.07) is 8.81. The lowest BCUT2D eigenvalue weighted by Crippen LogP contribution is -2.48. The number of likely N-dealkylation sites (N-methyl/N-ethyl adjacent to an activating group) is 1. The van der Waals surface area contributed by atoms with Gasteiger partial charge in [0.2, 0.25) is 0 Å². The van der Waals surface area contributed by atoms with Gasteiger partial charge in [-0.1, -0.05) is 34.5 Å². The zero-order valence-corrected chi connectivity index (χ0v) is 12.6. The summed E-state index contributed by atoms with van der Waals surface area (Å²) in [5.41, 5.74) is 3.33. The number of para-hydroxylation sites is 2. The molecular weight excluding hydrogens is 288 g/mol. The highest BCUT2D eigenvalue weighted by molar-refractivity contribution is 9.09. The Balaban J connectivity index is 1.84. The van der Waals surface area contributed by atoms with E-state index in [9.17, 15) is 0 Å². The number of hydrogen-bond donors (Lipinski definition) is 0. The van der Waals surface area contributed by atoms with Gasteiger partial charge in [0.1, 0.15) is 0 Å². The van der Waals surface area contributed by atoms with Gasteiger partial charge in [0.25, 0.3) is 0 Å². The molecule has 0 amide bonds. The normalized spacial score (nSPS) is 21.4. The van der Waals surface area contributed by atoms with Gasteiger partial charge in [0, 0.05) is 32.0 Å². The smallest absolute Gasteiger partial charge is 0.0604 e. The van der Waals surface area contributed by atoms with Crippen LogP contribution in [0.1, 0.15) is 19.3 Å². The highest BCUT2D eigenvalue weighted by Crippen LogP contribution is 2.45. The van der Waals surface area contributed by atoms with Crippen LogP contribution in [-0.4, -0.2) is 32.0 Å². The third kappa shape index (κ3) is 2.03. The summed E-state index contributed by atoms with van der Waals surface area (Å²) in [6.45, 7) is 3.50. The maximum Gasteiger partial charge on any atom is 0.0604 e. The van der Waals surface area contributed by atoms with Crippen molar-refractivity contribution >= 4 is 27.3 Å². The van der Waals surface area contributed by atoms with Crippen LogP contribution in [0, 0.1) is 5.41 Å². The highest BCUT2D eigenvalue weighted by Gasteiger charge is 2.38. The molecular formula is C15H21BrN2. The molecule has 1 heterocycles. The minimum Gasteiger partial charge on any atom is -0.371 e. The van der Waals surface area contributed by atoms with E-state index in [1.807, 2.05) is 0 Å². The molecule has 0 atom stereocenters. The molecule has 0 aromatic heterocycles. The second kappa shape index (κ2) is 4.76. The quantitative estimate of drug-likeness (QED) is 0.789. The molecule has 0 radical (unpaired) electrons. The molecule has 2 aliphatic rings. The van der Waals surface area contributed by atoms with Crippen molar-refractivity contribution in [3.63, 3.8) is 0 Å². The molecule has 2 nitrogen and oxygen atoms in total. The lowest BCUT2D eigenvalue weighted by atomic mass is 9.70. The number of alkyl halides is 1. The van der Waals surface area contributed by atoms with E-state index >= 15 is 0 Å². The van der Waals surface area contributed by atoms with Gasteiger partial charge in [-0.2, -0.15) is 0 Å². The summed E-state index contributed by atoms with van der Waals surface area (Å²) in [6.07, 6.45) is 4.17. The van der Waals surface area contributed by atoms with E-state index in [-0.39, 0.29) is 0 Å². The van der Waals surface area contributed by atoms with Crippen molar-refractivity contribution < 1.29 is 0 Å². The van der Waals surface area contributed by atoms with Gasteiger partial charge in [-0.15, -0.1) is 0 Å². The molecule has 1 saturated carbocycles. The SMILES string of the molecule is CN1CCN(CC2(CBr)CCC2)c2ccccc21. The number of halogens is 1. The third-order valence-electron chi connectivity index (χ3n) is 4.56. The first kappa shape index (κ1) is 12.3. The van der Waals surface area contributed by atoms with Gasteiger partial charge in [-0.3, -0.25) is 0 Å². The molecule has 0 bridgehead atoms. The van der Waals surface area contributed by atoms with Crippen molar-refractivity contribution in [2.45, 2.75) is 19.3 Å². The van der Waals surface area contributed by atoms with Crippen LogP contribution in [0.15, 0.2) is 24.3 Å². The molecule has 3 rings (SSSR count). The summed E-state index contributed by atoms with van der Waals surface area (Å²) >= 11 is 3.72. The summed E-state index contributed by atoms with van der Waals surface area (Å²) in [7, 11) is 2.19. The van der Waals surface area contributed by atoms with Crippen LogP contribution in [0.2, 0.25) is 0 Å². The summed E-state index contributed by atoms with van der Waals surface area (Å²) in [4.78, 5) is 4.96. The third-order valence-corrected chi connectivity index (χ3v) is 5.75. The van der Waals surface area contributed by atoms with Gasteiger partial charge in [-0.25, -0.2) is 0 Å². The fourth-order valence-corrected chi connectivity index (χ4v) is 3.88. The molecule has 0 unspecified atom stereocenters. The Morgan fingerprint density at radius 1 is 1.17 bits per heavy atom. The van der Waals surface area contributed by atoms with E-state index in [0.29, 0.717) is 5.41 Å². The van der Waals surface area contributed by atoms with E-state index in [1.54, 1.807) is 0 Å². The lowest BCUT2D eigenvalue weighted by molar-refractivity contribution is 0.177. The molecule has 18 heavy (non-hydrogen) atoms. The first-order chi connectivity index (χ1) is 8.74. The number of hydrogen-bond acceptors (Lipinski definition) is 2. The van der Waals surface area contributed by atoms with Gasteiger partial charge in [0.15, 0.2) is 0 Å². The molecule has 1 fully saturated rings. The Morgan fingerprint density at radius 2 is 1.89 bits per heavy atom. The zero-order chi connectivity index (χ0) is 12.6. The molecule has 1 aliphatic carbocycles. The number of fused-ring (bicyclic) bond motifs is 1. The summed E-state index contributed by atoms with van der Waals surface area (Å²) in [5.74, 6) is 0. The van der Waals surface area contributed by atoms with Crippen LogP contribution in [0.3, 0.4) is 0 Å². The van der Waals surface area contributed by atoms with Gasteiger partial charge < -0.3 is 9.80 Å². The van der Waals surface area contributed by atoms with Gasteiger partial charge in [-0.05, 0) is 30.4 Å². The van der Waals surface area contributed by atoms with Crippen molar-refractivity contribution in [3.05, 3.63) is 24.3 Å². The topological polar surface area (TPSA) is 6.48 Å². The largest absolute Gasteiger partial charge is 0.371 e. The van der Waals surface area contributed by atoms with E-state index in [1.165, 1.54) is 37.2 Å². The van der Waals surface area contributed by atoms with E-state index in [2.05, 4.69) is 57.0 Å². The zero-order valence-electron chi connectivity index (χ0n) is 11.0. The summed E-state index contributed by atoms with van der Waals surface area (Å²) in [5, 5.41) is 1.15. The van der Waals surface area contributed by atoms with Crippen LogP contribution >= 0.6 is 15.9 Å². The average Bonchev–Trinajstić information content (AvgIpc) is 2.37. The first-order valence-electron chi connectivity index (χ1n) is 6.85. The Bertz CT molecular complexity index is 423. The predicted octanol–water partition coefficient (Wildman–Crippen LogP) is 3.51. The molecule has 3 heteroatoms. The standard InChI is InChI=1S/C15H21BrN2/c1-17-9-10-18(12-15(11-16)7-4-8-15)14-6-3-2-5-13(14)17/h2-3,5-6H,4,7-12H2,1H3. The van der Waals surface area contributed by atoms with Crippen molar-refractivity contribution in [2.24, 2.45) is 5.41 Å². The van der Waals surface area contributed by atoms with Crippen molar-refractivity contribution in [2.75, 3.05) is 41.8 Å². The highest BCUT2D eigenvalue weighted by atomic mass is 79.9. The number of anilines is 2. The Morgan fingerprint density at radius 3 is 2.50 bits per heavy atom. The van der Waals surface area contributed by atoms with Crippen LogP contribution < -0.4 is 9.80 Å². The Hall–Kier alpha value is -0.700. The maximum atomic E-state index is 3.72. The second-order valence-electron chi connectivity index (χ2n) is 5.82. The van der Waals surface area contributed by atoms with E-state index in [4.69, 9.17) is 0 Å². The molecule has 1 aromatic carbocycles. The van der Waals surface area contributed by atoms with Crippen LogP contribution in [0.4, 0.5) is 11.4 Å². The Labute approximate surface area is 118 Å². The Kier molecular flexibility index (Phi) is 3.27. The predicted molar refractivity (Wildman–Crippen MR) is 82.0 cm³/mol. The number of benzene rings is 1. The van der Waals surface area contributed by atoms with Gasteiger partial charge in [0.05, 0.1) is 11.4 Å². The fraction of sp³-hybridized carbons (Fsp3) is 0.600. The number of nitrogens with zero attached hydrogens (tertiary/aromatic N) is 2. The second-order valence-corrected chi connectivity index (χ2v) is 6.38. The molecule has 1 aliphatic heterocycles. The fourth-order valence-electron chi connectivity index (χ4n) is 3.15. The van der Waals surface area contributed by atoms with Crippen LogP contribution in [0.25, 0.3) is 0 Å². The van der Waals surface area contributed by atoms with E-state index < -0.39 is 0 Å². The molecule has 1 aromatic rings. The molecule has 0 N–H and O–H groups in total. The van der Waals surface area contributed by atoms with Crippen LogP contribution in [0.5, 0.6) is 0 Å². The minimum absolute atomic E-state index is 0.531. The number of rotatable bonds is 3. The van der Waals surface area contributed by atoms with Crippen molar-refractivity contribution in [3.8, 4) is 0 Å². The van der Waals surface area contributed by atoms with Gasteiger partial charge >= 0.3 is 0 Å². The van der Waals surface area contributed by atoms with Crippen molar-refractivity contribution in [1.29, 1.82) is 0 Å². The maximum absolute atomic E-state index is 3.72. The lowest BCUT2D eigenvalue weighted by Gasteiger charge is -2.47. The minimum atomic E-state index is 0.531. The van der Waals surface area contributed by atoms with Crippen LogP contribution in [-0.2, 0) is 0 Å². The molecule has 0 spiro atoms. The van der Waals surface area contributed by atoms with Crippen molar-refractivity contribution in [1.82, 2.24) is 0 Å².